The van der Waals surface area contributed by atoms with Gasteiger partial charge in [-0.25, -0.2) is 17.9 Å². The molecule has 0 heterocycles. The molecule has 0 aromatic heterocycles. The molecule has 20 heavy (non-hydrogen) atoms. The Morgan fingerprint density at radius 2 is 1.85 bits per heavy atom. The summed E-state index contributed by atoms with van der Waals surface area (Å²) < 4.78 is 30.2. The van der Waals surface area contributed by atoms with Gasteiger partial charge in [-0.3, -0.25) is 0 Å². The van der Waals surface area contributed by atoms with Gasteiger partial charge < -0.3 is 15.0 Å². The molecule has 0 aromatic rings. The van der Waals surface area contributed by atoms with Crippen molar-refractivity contribution in [1.82, 2.24) is 14.9 Å². The average Bonchev–Trinajstić information content (AvgIpc) is 2.22. The first-order chi connectivity index (χ1) is 9.06. The van der Waals surface area contributed by atoms with E-state index in [4.69, 9.17) is 4.74 Å². The lowest BCUT2D eigenvalue weighted by Crippen LogP contribution is -2.38. The number of nitrogens with zero attached hydrogens (tertiary/aromatic N) is 1. The Balaban J connectivity index is 4.05. The van der Waals surface area contributed by atoms with Crippen molar-refractivity contribution in [2.45, 2.75) is 32.8 Å². The number of nitrogens with one attached hydrogen (secondary N) is 2. The Labute approximate surface area is 122 Å². The van der Waals surface area contributed by atoms with Crippen LogP contribution in [0.3, 0.4) is 0 Å². The first-order valence-corrected chi connectivity index (χ1v) is 8.27. The van der Waals surface area contributed by atoms with Crippen LogP contribution in [0.4, 0.5) is 4.79 Å². The van der Waals surface area contributed by atoms with Crippen molar-refractivity contribution in [1.29, 1.82) is 0 Å². The molecule has 0 atom stereocenters. The topological polar surface area (TPSA) is 87.7 Å². The van der Waals surface area contributed by atoms with E-state index in [1.165, 1.54) is 0 Å². The summed E-state index contributed by atoms with van der Waals surface area (Å²) in [6.45, 7) is 7.37. The second kappa shape index (κ2) is 8.43. The maximum Gasteiger partial charge on any atom is 0.421 e. The highest BCUT2D eigenvalue weighted by Crippen LogP contribution is 2.07. The van der Waals surface area contributed by atoms with E-state index >= 15 is 0 Å². The zero-order chi connectivity index (χ0) is 15.8. The lowest BCUT2D eigenvalue weighted by molar-refractivity contribution is 0.0570. The molecule has 8 heteroatoms. The molecule has 1 amide bonds. The number of carbonyl (C=O) groups excluding carboxylic acids is 1. The van der Waals surface area contributed by atoms with Gasteiger partial charge in [0.1, 0.15) is 5.60 Å². The second-order valence-electron chi connectivity index (χ2n) is 5.68. The molecule has 0 rings (SSSR count). The lowest BCUT2D eigenvalue weighted by atomic mass is 10.2. The summed E-state index contributed by atoms with van der Waals surface area (Å²) in [7, 11) is 0.150. The van der Waals surface area contributed by atoms with Crippen molar-refractivity contribution >= 4 is 16.1 Å². The van der Waals surface area contributed by atoms with Crippen LogP contribution in [0.5, 0.6) is 0 Å². The van der Waals surface area contributed by atoms with Crippen molar-refractivity contribution in [3.8, 4) is 0 Å². The average molecular weight is 309 g/mol. The molecule has 0 fully saturated rings. The van der Waals surface area contributed by atoms with Crippen LogP contribution in [-0.4, -0.2) is 64.5 Å². The second-order valence-corrected chi connectivity index (χ2v) is 7.53. The molecule has 120 valence electrons. The molecule has 0 spiro atoms. The smallest absolute Gasteiger partial charge is 0.421 e. The van der Waals surface area contributed by atoms with Gasteiger partial charge in [0.25, 0.3) is 0 Å². The van der Waals surface area contributed by atoms with E-state index in [1.54, 1.807) is 20.8 Å². The van der Waals surface area contributed by atoms with Crippen molar-refractivity contribution in [2.24, 2.45) is 0 Å². The molecule has 7 nitrogen and oxygen atoms in total. The van der Waals surface area contributed by atoms with Gasteiger partial charge in [-0.15, -0.1) is 0 Å². The number of ether oxygens (including phenoxy) is 1. The fraction of sp³-hybridized carbons (Fsp3) is 0.917. The number of sulfonamides is 1. The molecule has 0 unspecified atom stereocenters. The molecule has 0 bridgehead atoms. The highest BCUT2D eigenvalue weighted by molar-refractivity contribution is 7.90. The summed E-state index contributed by atoms with van der Waals surface area (Å²) in [6.07, 6.45) is -0.473. The number of hydrogen-bond acceptors (Lipinski definition) is 6. The Kier molecular flexibility index (Phi) is 8.07. The maximum absolute atomic E-state index is 11.7. The van der Waals surface area contributed by atoms with Gasteiger partial charge in [0.2, 0.25) is 10.0 Å². The Morgan fingerprint density at radius 3 is 2.35 bits per heavy atom. The zero-order valence-electron chi connectivity index (χ0n) is 13.0. The third-order valence-electron chi connectivity index (χ3n) is 2.33. The van der Waals surface area contributed by atoms with Crippen molar-refractivity contribution in [3.05, 3.63) is 0 Å². The standard InChI is InChI=1S/C12H27N3O4S/c1-12(2,3)19-11(16)14-20(17,18)10-6-8-15(5)9-7-13-4/h13H,6-10H2,1-5H3,(H,14,16). The van der Waals surface area contributed by atoms with E-state index in [0.717, 1.165) is 13.1 Å². The predicted octanol–water partition coefficient (Wildman–Crippen LogP) is 0.382. The first-order valence-electron chi connectivity index (χ1n) is 6.62. The summed E-state index contributed by atoms with van der Waals surface area (Å²) in [6, 6.07) is 0. The molecule has 0 aliphatic carbocycles. The van der Waals surface area contributed by atoms with Crippen LogP contribution in [0.15, 0.2) is 0 Å². The SMILES string of the molecule is CNCCN(C)CCCS(=O)(=O)NC(=O)OC(C)(C)C. The van der Waals surface area contributed by atoms with Crippen molar-refractivity contribution in [2.75, 3.05) is 39.5 Å². The molecule has 0 aromatic carbocycles. The molecule has 2 N–H and O–H groups in total. The zero-order valence-corrected chi connectivity index (χ0v) is 13.8. The van der Waals surface area contributed by atoms with E-state index < -0.39 is 21.7 Å². The largest absolute Gasteiger partial charge is 0.443 e. The molecule has 0 aliphatic heterocycles. The van der Waals surface area contributed by atoms with Crippen LogP contribution >= 0.6 is 0 Å². The third kappa shape index (κ3) is 11.0. The summed E-state index contributed by atoms with van der Waals surface area (Å²) in [5, 5.41) is 3.02. The van der Waals surface area contributed by atoms with Gasteiger partial charge in [0.05, 0.1) is 5.75 Å². The van der Waals surface area contributed by atoms with E-state index in [9.17, 15) is 13.2 Å². The minimum atomic E-state index is -3.64. The third-order valence-corrected chi connectivity index (χ3v) is 3.64. The molecule has 0 saturated carbocycles. The lowest BCUT2D eigenvalue weighted by Gasteiger charge is -2.20. The van der Waals surface area contributed by atoms with E-state index in [0.29, 0.717) is 13.0 Å². The first kappa shape index (κ1) is 19.1. The van der Waals surface area contributed by atoms with Crippen LogP contribution < -0.4 is 10.0 Å². The Bertz CT molecular complexity index is 390. The Hall–Kier alpha value is -0.860. The van der Waals surface area contributed by atoms with E-state index in [1.807, 2.05) is 23.7 Å². The molecular weight excluding hydrogens is 282 g/mol. The van der Waals surface area contributed by atoms with Gasteiger partial charge >= 0.3 is 6.09 Å². The molecule has 0 radical (unpaired) electrons. The molecule has 0 aliphatic rings. The van der Waals surface area contributed by atoms with Crippen LogP contribution in [0, 0.1) is 0 Å². The number of amides is 1. The van der Waals surface area contributed by atoms with Gasteiger partial charge in [0, 0.05) is 13.1 Å². The monoisotopic (exact) mass is 309 g/mol. The van der Waals surface area contributed by atoms with Crippen LogP contribution in [0.2, 0.25) is 0 Å². The fourth-order valence-corrected chi connectivity index (χ4v) is 2.32. The van der Waals surface area contributed by atoms with Gasteiger partial charge in [-0.2, -0.15) is 0 Å². The van der Waals surface area contributed by atoms with Crippen LogP contribution in [0.25, 0.3) is 0 Å². The number of carbonyl (C=O) groups is 1. The molecule has 0 saturated heterocycles. The Morgan fingerprint density at radius 1 is 1.25 bits per heavy atom. The predicted molar refractivity (Wildman–Crippen MR) is 79.2 cm³/mol. The minimum absolute atomic E-state index is 0.101. The normalized spacial score (nSPS) is 12.5. The summed E-state index contributed by atoms with van der Waals surface area (Å²) in [5.74, 6) is -0.101. The summed E-state index contributed by atoms with van der Waals surface area (Å²) in [4.78, 5) is 13.4. The molecular formula is C12H27N3O4S. The quantitative estimate of drug-likeness (QED) is 0.674. The maximum atomic E-state index is 11.7. The summed E-state index contributed by atoms with van der Waals surface area (Å²) >= 11 is 0. The number of rotatable bonds is 8. The minimum Gasteiger partial charge on any atom is -0.443 e. The van der Waals surface area contributed by atoms with Crippen molar-refractivity contribution in [3.63, 3.8) is 0 Å². The van der Waals surface area contributed by atoms with Gasteiger partial charge in [0.15, 0.2) is 0 Å². The highest BCUT2D eigenvalue weighted by Gasteiger charge is 2.21. The fourth-order valence-electron chi connectivity index (χ4n) is 1.42. The van der Waals surface area contributed by atoms with Crippen molar-refractivity contribution < 1.29 is 17.9 Å². The van der Waals surface area contributed by atoms with E-state index in [-0.39, 0.29) is 5.75 Å². The van der Waals surface area contributed by atoms with E-state index in [2.05, 4.69) is 5.32 Å². The van der Waals surface area contributed by atoms with Gasteiger partial charge in [-0.05, 0) is 47.8 Å². The number of hydrogen-bond donors (Lipinski definition) is 2. The highest BCUT2D eigenvalue weighted by atomic mass is 32.2. The number of likely N-dealkylation sites (N-methyl/N-ethyl adjacent to an activating group) is 2. The van der Waals surface area contributed by atoms with Crippen LogP contribution in [0.1, 0.15) is 27.2 Å². The van der Waals surface area contributed by atoms with Gasteiger partial charge in [-0.1, -0.05) is 0 Å². The summed E-state index contributed by atoms with van der Waals surface area (Å²) in [5.41, 5.74) is -0.715. The van der Waals surface area contributed by atoms with Crippen LogP contribution in [-0.2, 0) is 14.8 Å².